The Morgan fingerprint density at radius 1 is 1.64 bits per heavy atom. The van der Waals surface area contributed by atoms with Crippen LogP contribution in [0.1, 0.15) is 29.0 Å². The second-order valence-corrected chi connectivity index (χ2v) is 4.45. The fourth-order valence-electron chi connectivity index (χ4n) is 1.95. The molecule has 1 atom stereocenters. The van der Waals surface area contributed by atoms with Gasteiger partial charge in [-0.05, 0) is 6.42 Å². The Morgan fingerprint density at radius 2 is 2.43 bits per heavy atom. The smallest absolute Gasteiger partial charge is 0.180 e. The van der Waals surface area contributed by atoms with Gasteiger partial charge in [0.1, 0.15) is 0 Å². The van der Waals surface area contributed by atoms with Crippen molar-refractivity contribution in [3.8, 4) is 0 Å². The maximum absolute atomic E-state index is 13.5. The van der Waals surface area contributed by atoms with Crippen LogP contribution in [0.15, 0.2) is 0 Å². The van der Waals surface area contributed by atoms with Gasteiger partial charge in [0.2, 0.25) is 0 Å². The molecule has 2 N–H and O–H groups in total. The summed E-state index contributed by atoms with van der Waals surface area (Å²) in [5.74, 6) is 0. The highest BCUT2D eigenvalue weighted by Crippen LogP contribution is 2.36. The minimum absolute atomic E-state index is 0.0542. The summed E-state index contributed by atoms with van der Waals surface area (Å²) in [7, 11) is 0. The molecule has 0 saturated heterocycles. The fourth-order valence-corrected chi connectivity index (χ4v) is 3.09. The molecule has 0 saturated carbocycles. The normalized spacial score (nSPS) is 20.9. The van der Waals surface area contributed by atoms with E-state index in [4.69, 9.17) is 10.5 Å². The lowest BCUT2D eigenvalue weighted by atomic mass is 10.00. The van der Waals surface area contributed by atoms with Crippen molar-refractivity contribution in [1.82, 2.24) is 0 Å². The van der Waals surface area contributed by atoms with E-state index in [0.717, 1.165) is 28.8 Å². The summed E-state index contributed by atoms with van der Waals surface area (Å²) in [6, 6.07) is 0. The molecule has 0 radical (unpaired) electrons. The Kier molecular flexibility index (Phi) is 2.85. The van der Waals surface area contributed by atoms with Crippen LogP contribution < -0.4 is 5.73 Å². The number of hydrogen-bond acceptors (Lipinski definition) is 3. The van der Waals surface area contributed by atoms with Gasteiger partial charge in [-0.2, -0.15) is 4.39 Å². The van der Waals surface area contributed by atoms with Crippen molar-refractivity contribution in [2.24, 2.45) is 5.73 Å². The Bertz CT molecular complexity index is 337. The van der Waals surface area contributed by atoms with Crippen LogP contribution in [-0.4, -0.2) is 13.2 Å². The summed E-state index contributed by atoms with van der Waals surface area (Å²) >= 11 is 1.26. The summed E-state index contributed by atoms with van der Waals surface area (Å²) in [6.07, 6.45) is 1.46. The second kappa shape index (κ2) is 3.96. The van der Waals surface area contributed by atoms with E-state index < -0.39 is 0 Å². The highest BCUT2D eigenvalue weighted by atomic mass is 32.1. The largest absolute Gasteiger partial charge is 0.372 e. The van der Waals surface area contributed by atoms with E-state index in [1.54, 1.807) is 0 Å². The summed E-state index contributed by atoms with van der Waals surface area (Å²) in [5.41, 5.74) is 7.45. The summed E-state index contributed by atoms with van der Waals surface area (Å²) < 4.78 is 19.0. The first-order valence-corrected chi connectivity index (χ1v) is 5.71. The van der Waals surface area contributed by atoms with Crippen LogP contribution >= 0.6 is 11.3 Å². The summed E-state index contributed by atoms with van der Waals surface area (Å²) in [4.78, 5) is 1.13. The zero-order valence-electron chi connectivity index (χ0n) is 8.18. The van der Waals surface area contributed by atoms with Crippen molar-refractivity contribution in [2.75, 3.05) is 13.2 Å². The molecule has 2 nitrogen and oxygen atoms in total. The molecule has 78 valence electrons. The minimum atomic E-state index is -0.0885. The van der Waals surface area contributed by atoms with Crippen molar-refractivity contribution in [2.45, 2.75) is 25.9 Å². The highest BCUT2D eigenvalue weighted by molar-refractivity contribution is 7.10. The van der Waals surface area contributed by atoms with Gasteiger partial charge in [0, 0.05) is 29.0 Å². The SMILES string of the molecule is CCc1c(F)sc2c1C(CN)OCC2. The molecule has 0 spiro atoms. The van der Waals surface area contributed by atoms with Crippen molar-refractivity contribution in [3.05, 3.63) is 21.1 Å². The Hall–Kier alpha value is -0.450. The molecule has 1 aromatic rings. The first-order valence-electron chi connectivity index (χ1n) is 4.89. The predicted octanol–water partition coefficient (Wildman–Crippen LogP) is 2.02. The van der Waals surface area contributed by atoms with E-state index in [2.05, 4.69) is 0 Å². The molecular formula is C10H14FNOS. The molecule has 1 aliphatic rings. The van der Waals surface area contributed by atoms with Gasteiger partial charge < -0.3 is 10.5 Å². The topological polar surface area (TPSA) is 35.2 Å². The number of fused-ring (bicyclic) bond motifs is 1. The van der Waals surface area contributed by atoms with Crippen molar-refractivity contribution < 1.29 is 9.13 Å². The van der Waals surface area contributed by atoms with E-state index in [-0.39, 0.29) is 11.2 Å². The van der Waals surface area contributed by atoms with Gasteiger partial charge in [0.15, 0.2) is 5.13 Å². The molecule has 4 heteroatoms. The average molecular weight is 215 g/mol. The van der Waals surface area contributed by atoms with Crippen LogP contribution in [0.5, 0.6) is 0 Å². The number of hydrogen-bond donors (Lipinski definition) is 1. The number of thiophene rings is 1. The maximum atomic E-state index is 13.5. The monoisotopic (exact) mass is 215 g/mol. The molecule has 1 aromatic heterocycles. The van der Waals surface area contributed by atoms with Gasteiger partial charge in [-0.25, -0.2) is 0 Å². The van der Waals surface area contributed by atoms with Crippen molar-refractivity contribution in [3.63, 3.8) is 0 Å². The van der Waals surface area contributed by atoms with Crippen LogP contribution in [0.3, 0.4) is 0 Å². The number of halogens is 1. The van der Waals surface area contributed by atoms with E-state index in [9.17, 15) is 4.39 Å². The first kappa shape index (κ1) is 10.1. The van der Waals surface area contributed by atoms with E-state index in [1.807, 2.05) is 6.92 Å². The van der Waals surface area contributed by atoms with Crippen molar-refractivity contribution >= 4 is 11.3 Å². The zero-order chi connectivity index (χ0) is 10.1. The molecule has 2 rings (SSSR count). The number of rotatable bonds is 2. The Morgan fingerprint density at radius 3 is 3.07 bits per heavy atom. The maximum Gasteiger partial charge on any atom is 0.180 e. The third-order valence-corrected chi connectivity index (χ3v) is 3.71. The molecule has 14 heavy (non-hydrogen) atoms. The van der Waals surface area contributed by atoms with Gasteiger partial charge >= 0.3 is 0 Å². The molecule has 0 bridgehead atoms. The lowest BCUT2D eigenvalue weighted by molar-refractivity contribution is 0.0490. The summed E-state index contributed by atoms with van der Waals surface area (Å²) in [5, 5.41) is -0.0542. The molecular weight excluding hydrogens is 201 g/mol. The number of ether oxygens (including phenoxy) is 1. The standard InChI is InChI=1S/C10H14FNOS/c1-2-6-9-7(5-12)13-4-3-8(9)14-10(6)11/h7H,2-5,12H2,1H3. The van der Waals surface area contributed by atoms with Crippen LogP contribution in [0.2, 0.25) is 0 Å². The van der Waals surface area contributed by atoms with Crippen LogP contribution in [0, 0.1) is 5.13 Å². The third kappa shape index (κ3) is 1.47. The van der Waals surface area contributed by atoms with Gasteiger partial charge in [0.05, 0.1) is 12.7 Å². The van der Waals surface area contributed by atoms with Crippen LogP contribution in [-0.2, 0) is 17.6 Å². The van der Waals surface area contributed by atoms with Gasteiger partial charge in [-0.3, -0.25) is 0 Å². The lowest BCUT2D eigenvalue weighted by Gasteiger charge is -2.23. The van der Waals surface area contributed by atoms with Gasteiger partial charge in [-0.1, -0.05) is 6.92 Å². The molecule has 0 fully saturated rings. The third-order valence-electron chi connectivity index (χ3n) is 2.61. The van der Waals surface area contributed by atoms with Crippen LogP contribution in [0.25, 0.3) is 0 Å². The first-order chi connectivity index (χ1) is 6.77. The lowest BCUT2D eigenvalue weighted by Crippen LogP contribution is -2.22. The zero-order valence-corrected chi connectivity index (χ0v) is 8.99. The molecule has 0 aromatic carbocycles. The molecule has 1 aliphatic heterocycles. The van der Waals surface area contributed by atoms with Gasteiger partial charge in [0.25, 0.3) is 0 Å². The predicted molar refractivity (Wildman–Crippen MR) is 55.1 cm³/mol. The molecule has 2 heterocycles. The quantitative estimate of drug-likeness (QED) is 0.819. The Balaban J connectivity index is 2.47. The molecule has 0 aliphatic carbocycles. The second-order valence-electron chi connectivity index (χ2n) is 3.39. The van der Waals surface area contributed by atoms with E-state index >= 15 is 0 Å². The highest BCUT2D eigenvalue weighted by Gasteiger charge is 2.27. The molecule has 1 unspecified atom stereocenters. The average Bonchev–Trinajstić information content (AvgIpc) is 2.52. The van der Waals surface area contributed by atoms with Crippen molar-refractivity contribution in [1.29, 1.82) is 0 Å². The van der Waals surface area contributed by atoms with Gasteiger partial charge in [-0.15, -0.1) is 11.3 Å². The minimum Gasteiger partial charge on any atom is -0.372 e. The fraction of sp³-hybridized carbons (Fsp3) is 0.600. The number of nitrogens with two attached hydrogens (primary N) is 1. The van der Waals surface area contributed by atoms with Crippen LogP contribution in [0.4, 0.5) is 4.39 Å². The van der Waals surface area contributed by atoms with E-state index in [0.29, 0.717) is 13.2 Å². The molecule has 0 amide bonds. The summed E-state index contributed by atoms with van der Waals surface area (Å²) in [6.45, 7) is 3.07. The Labute approximate surface area is 86.9 Å². The van der Waals surface area contributed by atoms with E-state index in [1.165, 1.54) is 11.3 Å².